The van der Waals surface area contributed by atoms with Gasteiger partial charge in [0.25, 0.3) is 0 Å². The average molecular weight is 159 g/mol. The normalized spacial score (nSPS) is 14.0. The van der Waals surface area contributed by atoms with Gasteiger partial charge >= 0.3 is 0 Å². The van der Waals surface area contributed by atoms with E-state index in [2.05, 4.69) is 38.7 Å². The van der Waals surface area contributed by atoms with Crippen molar-refractivity contribution in [3.8, 4) is 11.4 Å². The summed E-state index contributed by atoms with van der Waals surface area (Å²) in [6.07, 6.45) is 3.98. The van der Waals surface area contributed by atoms with E-state index in [1.165, 1.54) is 11.4 Å². The van der Waals surface area contributed by atoms with Crippen molar-refractivity contribution in [3.63, 3.8) is 0 Å². The molecular formula is C9H9N3. The lowest BCUT2D eigenvalue weighted by atomic mass is 10.3. The summed E-state index contributed by atoms with van der Waals surface area (Å²) in [5.74, 6) is 0. The summed E-state index contributed by atoms with van der Waals surface area (Å²) < 4.78 is 4.31. The van der Waals surface area contributed by atoms with Gasteiger partial charge in [0.15, 0.2) is 0 Å². The maximum Gasteiger partial charge on any atom is 0.0847 e. The van der Waals surface area contributed by atoms with Crippen LogP contribution in [0.25, 0.3) is 11.4 Å². The van der Waals surface area contributed by atoms with Gasteiger partial charge in [-0.05, 0) is 18.2 Å². The third kappa shape index (κ3) is 0.630. The van der Waals surface area contributed by atoms with Crippen LogP contribution >= 0.6 is 0 Å². The molecule has 0 aromatic carbocycles. The number of aryl methyl sites for hydroxylation is 2. The van der Waals surface area contributed by atoms with Crippen LogP contribution in [-0.4, -0.2) is 14.3 Å². The van der Waals surface area contributed by atoms with Crippen molar-refractivity contribution in [2.45, 2.75) is 13.1 Å². The second kappa shape index (κ2) is 2.00. The summed E-state index contributed by atoms with van der Waals surface area (Å²) in [6, 6.07) is 6.27. The van der Waals surface area contributed by atoms with E-state index in [1.54, 1.807) is 0 Å². The van der Waals surface area contributed by atoms with Crippen LogP contribution in [0.2, 0.25) is 0 Å². The quantitative estimate of drug-likeness (QED) is 0.569. The van der Waals surface area contributed by atoms with Gasteiger partial charge in [-0.25, -0.2) is 0 Å². The van der Waals surface area contributed by atoms with Crippen LogP contribution in [0.4, 0.5) is 0 Å². The van der Waals surface area contributed by atoms with Gasteiger partial charge in [0, 0.05) is 18.9 Å². The summed E-state index contributed by atoms with van der Waals surface area (Å²) >= 11 is 0. The molecule has 3 nitrogen and oxygen atoms in total. The number of fused-ring (bicyclic) bond motifs is 3. The predicted octanol–water partition coefficient (Wildman–Crippen LogP) is 1.37. The smallest absolute Gasteiger partial charge is 0.0847 e. The first kappa shape index (κ1) is 6.06. The molecule has 0 saturated heterocycles. The van der Waals surface area contributed by atoms with Crippen molar-refractivity contribution in [2.24, 2.45) is 0 Å². The standard InChI is InChI=1S/C9H9N3/c1-2-8-9-3-4-10-12(9)7-6-11(8)5-1/h1-5H,6-7H2. The molecule has 0 amide bonds. The van der Waals surface area contributed by atoms with Crippen LogP contribution < -0.4 is 0 Å². The molecule has 2 aromatic heterocycles. The SMILES string of the molecule is c1cc2n(c1)CCn1nccc1-2. The van der Waals surface area contributed by atoms with Crippen molar-refractivity contribution >= 4 is 0 Å². The lowest BCUT2D eigenvalue weighted by molar-refractivity contribution is 0.515. The van der Waals surface area contributed by atoms with E-state index in [1.807, 2.05) is 6.20 Å². The zero-order valence-corrected chi connectivity index (χ0v) is 6.64. The average Bonchev–Trinajstić information content (AvgIpc) is 2.71. The van der Waals surface area contributed by atoms with Gasteiger partial charge < -0.3 is 4.57 Å². The molecule has 12 heavy (non-hydrogen) atoms. The first-order chi connectivity index (χ1) is 5.95. The van der Waals surface area contributed by atoms with Crippen molar-refractivity contribution in [1.29, 1.82) is 0 Å². The fraction of sp³-hybridized carbons (Fsp3) is 0.222. The van der Waals surface area contributed by atoms with Gasteiger partial charge in [-0.3, -0.25) is 4.68 Å². The van der Waals surface area contributed by atoms with E-state index >= 15 is 0 Å². The first-order valence-electron chi connectivity index (χ1n) is 4.12. The molecule has 0 bridgehead atoms. The van der Waals surface area contributed by atoms with Crippen LogP contribution in [0.1, 0.15) is 0 Å². The van der Waals surface area contributed by atoms with Gasteiger partial charge in [0.05, 0.1) is 17.9 Å². The number of aromatic nitrogens is 3. The third-order valence-corrected chi connectivity index (χ3v) is 2.36. The highest BCUT2D eigenvalue weighted by atomic mass is 15.3. The lowest BCUT2D eigenvalue weighted by Gasteiger charge is -2.16. The van der Waals surface area contributed by atoms with Crippen molar-refractivity contribution < 1.29 is 0 Å². The molecule has 2 aromatic rings. The number of rotatable bonds is 0. The Bertz CT molecular complexity index is 371. The molecule has 0 fully saturated rings. The minimum atomic E-state index is 0.990. The molecule has 0 aliphatic carbocycles. The highest BCUT2D eigenvalue weighted by Crippen LogP contribution is 2.23. The van der Waals surface area contributed by atoms with Gasteiger partial charge in [-0.15, -0.1) is 0 Å². The van der Waals surface area contributed by atoms with E-state index < -0.39 is 0 Å². The summed E-state index contributed by atoms with van der Waals surface area (Å²) in [5, 5.41) is 4.24. The van der Waals surface area contributed by atoms with Crippen LogP contribution in [0, 0.1) is 0 Å². The van der Waals surface area contributed by atoms with Crippen molar-refractivity contribution in [3.05, 3.63) is 30.6 Å². The van der Waals surface area contributed by atoms with Gasteiger partial charge in [0.1, 0.15) is 0 Å². The van der Waals surface area contributed by atoms with Crippen LogP contribution in [0.15, 0.2) is 30.6 Å². The monoisotopic (exact) mass is 159 g/mol. The molecule has 0 atom stereocenters. The van der Waals surface area contributed by atoms with Crippen LogP contribution in [0.3, 0.4) is 0 Å². The molecule has 60 valence electrons. The molecule has 3 heteroatoms. The Morgan fingerprint density at radius 2 is 2.17 bits per heavy atom. The summed E-state index contributed by atoms with van der Waals surface area (Å²) in [7, 11) is 0. The molecule has 1 aliphatic rings. The Balaban J connectivity index is 2.32. The first-order valence-corrected chi connectivity index (χ1v) is 4.12. The van der Waals surface area contributed by atoms with Crippen LogP contribution in [-0.2, 0) is 13.1 Å². The topological polar surface area (TPSA) is 22.8 Å². The Morgan fingerprint density at radius 3 is 3.17 bits per heavy atom. The molecule has 3 heterocycles. The van der Waals surface area contributed by atoms with Gasteiger partial charge in [-0.1, -0.05) is 0 Å². The van der Waals surface area contributed by atoms with E-state index in [-0.39, 0.29) is 0 Å². The summed E-state index contributed by atoms with van der Waals surface area (Å²) in [5.41, 5.74) is 2.50. The van der Waals surface area contributed by atoms with E-state index in [4.69, 9.17) is 0 Å². The maximum atomic E-state index is 4.24. The molecule has 0 spiro atoms. The maximum absolute atomic E-state index is 4.24. The number of nitrogens with zero attached hydrogens (tertiary/aromatic N) is 3. The molecule has 1 aliphatic heterocycles. The summed E-state index contributed by atoms with van der Waals surface area (Å²) in [6.45, 7) is 2.03. The minimum Gasteiger partial charge on any atom is -0.344 e. The van der Waals surface area contributed by atoms with Gasteiger partial charge in [-0.2, -0.15) is 5.10 Å². The molecule has 3 rings (SSSR count). The fourth-order valence-electron chi connectivity index (χ4n) is 1.77. The molecular weight excluding hydrogens is 150 g/mol. The Kier molecular flexibility index (Phi) is 1.01. The molecule has 0 saturated carbocycles. The largest absolute Gasteiger partial charge is 0.344 e. The van der Waals surface area contributed by atoms with Crippen molar-refractivity contribution in [1.82, 2.24) is 14.3 Å². The minimum absolute atomic E-state index is 0.990. The molecule has 0 unspecified atom stereocenters. The third-order valence-electron chi connectivity index (χ3n) is 2.36. The second-order valence-corrected chi connectivity index (χ2v) is 3.03. The van der Waals surface area contributed by atoms with Crippen LogP contribution in [0.5, 0.6) is 0 Å². The van der Waals surface area contributed by atoms with E-state index in [9.17, 15) is 0 Å². The highest BCUT2D eigenvalue weighted by Gasteiger charge is 2.13. The molecule has 0 N–H and O–H groups in total. The zero-order chi connectivity index (χ0) is 7.97. The zero-order valence-electron chi connectivity index (χ0n) is 6.64. The lowest BCUT2D eigenvalue weighted by Crippen LogP contribution is -2.15. The second-order valence-electron chi connectivity index (χ2n) is 3.03. The Morgan fingerprint density at radius 1 is 1.17 bits per heavy atom. The van der Waals surface area contributed by atoms with E-state index in [0.29, 0.717) is 0 Å². The number of hydrogen-bond donors (Lipinski definition) is 0. The van der Waals surface area contributed by atoms with Gasteiger partial charge in [0.2, 0.25) is 0 Å². The highest BCUT2D eigenvalue weighted by molar-refractivity contribution is 5.56. The fourth-order valence-corrected chi connectivity index (χ4v) is 1.77. The molecule has 0 radical (unpaired) electrons. The predicted molar refractivity (Wildman–Crippen MR) is 45.7 cm³/mol. The Labute approximate surface area is 70.2 Å². The number of hydrogen-bond acceptors (Lipinski definition) is 1. The summed E-state index contributed by atoms with van der Waals surface area (Å²) in [4.78, 5) is 0. The van der Waals surface area contributed by atoms with Crippen molar-refractivity contribution in [2.75, 3.05) is 0 Å². The Hall–Kier alpha value is -1.51. The van der Waals surface area contributed by atoms with E-state index in [0.717, 1.165) is 13.1 Å².